The fourth-order valence-electron chi connectivity index (χ4n) is 7.80. The Morgan fingerprint density at radius 2 is 1.28 bits per heavy atom. The summed E-state index contributed by atoms with van der Waals surface area (Å²) < 4.78 is 56.7. The lowest BCUT2D eigenvalue weighted by Crippen LogP contribution is -2.71. The first-order chi connectivity index (χ1) is 30.5. The number of carbonyl (C=O) groups is 4. The number of nitrogens with one attached hydrogen (secondary N) is 2. The summed E-state index contributed by atoms with van der Waals surface area (Å²) in [5.41, 5.74) is 0. The maximum absolute atomic E-state index is 14.1. The maximum atomic E-state index is 14.1. The van der Waals surface area contributed by atoms with Gasteiger partial charge >= 0.3 is 11.9 Å². The highest BCUT2D eigenvalue weighted by molar-refractivity contribution is 5.80. The highest BCUT2D eigenvalue weighted by Crippen LogP contribution is 2.39. The van der Waals surface area contributed by atoms with Crippen molar-refractivity contribution in [3.8, 4) is 0 Å². The summed E-state index contributed by atoms with van der Waals surface area (Å²) in [5, 5.41) is 162. The first kappa shape index (κ1) is 54.6. The Morgan fingerprint density at radius 3 is 1.80 bits per heavy atom. The molecule has 4 rings (SSSR count). The molecule has 0 aromatic carbocycles. The Morgan fingerprint density at radius 1 is 0.723 bits per heavy atom. The number of aliphatic hydroxyl groups excluding tert-OH is 13. The number of rotatable bonds is 20. The van der Waals surface area contributed by atoms with E-state index in [9.17, 15) is 100 Å². The molecular formula is C35H57FN2O27. The van der Waals surface area contributed by atoms with Crippen molar-refractivity contribution in [1.82, 2.24) is 10.6 Å². The van der Waals surface area contributed by atoms with E-state index in [0.29, 0.717) is 0 Å². The van der Waals surface area contributed by atoms with Crippen molar-refractivity contribution < 1.29 is 138 Å². The molecule has 0 radical (unpaired) electrons. The second-order valence-electron chi connectivity index (χ2n) is 15.7. The zero-order chi connectivity index (χ0) is 48.9. The molecule has 22 atom stereocenters. The van der Waals surface area contributed by atoms with Gasteiger partial charge in [-0.1, -0.05) is 0 Å². The molecule has 29 nitrogen and oxygen atoms in total. The van der Waals surface area contributed by atoms with Gasteiger partial charge in [-0.15, -0.1) is 0 Å². The Labute approximate surface area is 366 Å². The number of hydrogen-bond acceptors (Lipinski definition) is 25. The molecular weight excluding hydrogens is 899 g/mol. The van der Waals surface area contributed by atoms with Gasteiger partial charge in [0.05, 0.1) is 50.7 Å². The molecule has 0 aromatic rings. The molecule has 0 aromatic heterocycles. The van der Waals surface area contributed by atoms with Crippen LogP contribution in [0.15, 0.2) is 0 Å². The molecule has 4 heterocycles. The van der Waals surface area contributed by atoms with E-state index >= 15 is 0 Å². The minimum atomic E-state index is -3.32. The Kier molecular flexibility index (Phi) is 19.2. The summed E-state index contributed by atoms with van der Waals surface area (Å²) in [5.74, 6) is -12.6. The number of methoxy groups -OCH3 is 1. The summed E-state index contributed by atoms with van der Waals surface area (Å²) in [4.78, 5) is 51.0. The van der Waals surface area contributed by atoms with Crippen molar-refractivity contribution in [2.24, 2.45) is 0 Å². The van der Waals surface area contributed by atoms with Crippen LogP contribution < -0.4 is 10.6 Å². The summed E-state index contributed by atoms with van der Waals surface area (Å²) >= 11 is 0. The van der Waals surface area contributed by atoms with Crippen molar-refractivity contribution in [2.45, 2.75) is 154 Å². The molecule has 376 valence electrons. The summed E-state index contributed by atoms with van der Waals surface area (Å²) in [7, 11) is 1.06. The Hall–Kier alpha value is -3.03. The quantitative estimate of drug-likeness (QED) is 0.0539. The standard InChI is InChI=1S/C35H57FN2O27/c1-10(43)37-18-11(44)3-34(32(54)55,63-28(18)21(49)14(6-40)58-2)59-9-17(47)38-19-12(45)4-35(33(56)57,64-27(19)20(48)13(46)5-39)65-29-22(50)15(7-41)61-31(25(29)53)62-26-16(8-42)60-30(36)24(52)23(26)51/h11-16,18-31,39-42,44-46,48-53H,3-9H2,1-2H3,(H,37,43)(H,38,47)(H,54,55)(H,56,57)/t11-,12-,13+,14+,15+,16+,18+,19+,20+,21+,22-,23+,24+,25+,26+,27+,28+,29-,30-,31-,34+,35-/m0/s1. The topological polar surface area (TPSA) is 470 Å². The van der Waals surface area contributed by atoms with Crippen molar-refractivity contribution in [1.29, 1.82) is 0 Å². The van der Waals surface area contributed by atoms with Crippen molar-refractivity contribution in [3.05, 3.63) is 0 Å². The van der Waals surface area contributed by atoms with Gasteiger partial charge in [0.25, 0.3) is 11.6 Å². The molecule has 4 aliphatic rings. The Balaban J connectivity index is 1.61. The highest BCUT2D eigenvalue weighted by Gasteiger charge is 2.61. The lowest BCUT2D eigenvalue weighted by Gasteiger charge is -2.50. The molecule has 0 bridgehead atoms. The zero-order valence-electron chi connectivity index (χ0n) is 34.5. The molecule has 2 amide bonds. The van der Waals surface area contributed by atoms with Crippen molar-refractivity contribution >= 4 is 23.8 Å². The van der Waals surface area contributed by atoms with Crippen LogP contribution in [0.2, 0.25) is 0 Å². The molecule has 4 saturated heterocycles. The van der Waals surface area contributed by atoms with Gasteiger partial charge in [-0.2, -0.15) is 0 Å². The van der Waals surface area contributed by atoms with Crippen LogP contribution in [0.5, 0.6) is 0 Å². The molecule has 0 saturated carbocycles. The van der Waals surface area contributed by atoms with Crippen LogP contribution in [-0.4, -0.2) is 274 Å². The van der Waals surface area contributed by atoms with Gasteiger partial charge in [0.1, 0.15) is 92.1 Å². The van der Waals surface area contributed by atoms with E-state index in [2.05, 4.69) is 10.6 Å². The van der Waals surface area contributed by atoms with Gasteiger partial charge in [-0.05, 0) is 0 Å². The lowest BCUT2D eigenvalue weighted by atomic mass is 9.88. The molecule has 17 N–H and O–H groups in total. The van der Waals surface area contributed by atoms with E-state index in [-0.39, 0.29) is 0 Å². The number of ether oxygens (including phenoxy) is 8. The number of halogens is 1. The fourth-order valence-corrected chi connectivity index (χ4v) is 7.80. The number of alkyl halides is 1. The first-order valence-corrected chi connectivity index (χ1v) is 19.9. The van der Waals surface area contributed by atoms with Crippen molar-refractivity contribution in [3.63, 3.8) is 0 Å². The van der Waals surface area contributed by atoms with Crippen LogP contribution in [0.25, 0.3) is 0 Å². The predicted octanol–water partition coefficient (Wildman–Crippen LogP) is -10.4. The predicted molar refractivity (Wildman–Crippen MR) is 197 cm³/mol. The van der Waals surface area contributed by atoms with Gasteiger partial charge in [0, 0.05) is 26.9 Å². The lowest BCUT2D eigenvalue weighted by molar-refractivity contribution is -0.383. The third-order valence-electron chi connectivity index (χ3n) is 11.3. The number of amides is 2. The first-order valence-electron chi connectivity index (χ1n) is 19.9. The van der Waals surface area contributed by atoms with Gasteiger partial charge in [0.15, 0.2) is 6.29 Å². The molecule has 0 unspecified atom stereocenters. The van der Waals surface area contributed by atoms with Gasteiger partial charge < -0.3 is 125 Å². The van der Waals surface area contributed by atoms with E-state index in [1.54, 1.807) is 0 Å². The minimum absolute atomic E-state index is 0.764. The van der Waals surface area contributed by atoms with Crippen LogP contribution in [0.3, 0.4) is 0 Å². The smallest absolute Gasteiger partial charge is 0.364 e. The number of aliphatic hydroxyl groups is 13. The largest absolute Gasteiger partial charge is 0.477 e. The van der Waals surface area contributed by atoms with E-state index in [0.717, 1.165) is 14.0 Å². The fraction of sp³-hybridized carbons (Fsp3) is 0.886. The maximum Gasteiger partial charge on any atom is 0.364 e. The summed E-state index contributed by atoms with van der Waals surface area (Å²) in [6, 6.07) is -3.57. The SMILES string of the molecule is CO[C@H](CO)[C@@H](O)[C@@H]1O[C@@](OCC(=O)N[C@H]2[C@H]([C@H](O)[C@H](O)CO)O[C@@](O[C@H]3[C@@H](O)[C@@H](CO)O[C@@H](O[C@H]4[C@H](O)[C@@H](O)[C@@H](F)O[C@@H]4CO)[C@@H]3O)(C(=O)O)C[C@@H]2O)(C(=O)O)C[C@H](O)[C@H]1NC(C)=O. The molecule has 65 heavy (non-hydrogen) atoms. The molecule has 0 aliphatic carbocycles. The van der Waals surface area contributed by atoms with Crippen LogP contribution in [0.4, 0.5) is 4.39 Å². The van der Waals surface area contributed by atoms with Crippen LogP contribution in [0, 0.1) is 0 Å². The van der Waals surface area contributed by atoms with Gasteiger partial charge in [0.2, 0.25) is 18.2 Å². The normalized spacial score (nSPS) is 42.0. The van der Waals surface area contributed by atoms with Gasteiger partial charge in [-0.25, -0.2) is 14.0 Å². The van der Waals surface area contributed by atoms with E-state index in [1.807, 2.05) is 0 Å². The average Bonchev–Trinajstić information content (AvgIpc) is 3.26. The van der Waals surface area contributed by atoms with E-state index in [4.69, 9.17) is 37.9 Å². The number of carboxylic acid groups (broad SMARTS) is 2. The second-order valence-corrected chi connectivity index (χ2v) is 15.7. The number of aliphatic carboxylic acids is 2. The van der Waals surface area contributed by atoms with Crippen LogP contribution >= 0.6 is 0 Å². The van der Waals surface area contributed by atoms with E-state index in [1.165, 1.54) is 0 Å². The monoisotopic (exact) mass is 956 g/mol. The number of carbonyl (C=O) groups excluding carboxylic acids is 2. The Bertz CT molecular complexity index is 1600. The van der Waals surface area contributed by atoms with Crippen molar-refractivity contribution in [2.75, 3.05) is 40.1 Å². The number of carboxylic acids is 2. The molecule has 30 heteroatoms. The van der Waals surface area contributed by atoms with E-state index < -0.39 is 204 Å². The minimum Gasteiger partial charge on any atom is -0.477 e. The molecule has 0 spiro atoms. The van der Waals surface area contributed by atoms with Gasteiger partial charge in [-0.3, -0.25) is 9.59 Å². The zero-order valence-corrected chi connectivity index (χ0v) is 34.5. The molecule has 4 fully saturated rings. The highest BCUT2D eigenvalue weighted by atomic mass is 19.1. The summed E-state index contributed by atoms with van der Waals surface area (Å²) in [6.07, 6.45) is -40.3. The number of hydrogen-bond donors (Lipinski definition) is 17. The average molecular weight is 957 g/mol. The summed E-state index contributed by atoms with van der Waals surface area (Å²) in [6.45, 7) is -4.61. The third kappa shape index (κ3) is 11.8. The van der Waals surface area contributed by atoms with Crippen LogP contribution in [0.1, 0.15) is 19.8 Å². The molecule has 4 aliphatic heterocycles. The second kappa shape index (κ2) is 22.8. The third-order valence-corrected chi connectivity index (χ3v) is 11.3. The van der Waals surface area contributed by atoms with Crippen LogP contribution in [-0.2, 0) is 57.1 Å².